The van der Waals surface area contributed by atoms with E-state index in [4.69, 9.17) is 5.73 Å². The van der Waals surface area contributed by atoms with Gasteiger partial charge in [-0.25, -0.2) is 0 Å². The second-order valence-corrected chi connectivity index (χ2v) is 5.24. The highest BCUT2D eigenvalue weighted by molar-refractivity contribution is 5.64. The van der Waals surface area contributed by atoms with Crippen molar-refractivity contribution in [2.75, 3.05) is 23.7 Å². The lowest BCUT2D eigenvalue weighted by molar-refractivity contribution is 0.357. The van der Waals surface area contributed by atoms with Crippen molar-refractivity contribution >= 4 is 11.4 Å². The number of benzene rings is 1. The van der Waals surface area contributed by atoms with Crippen LogP contribution >= 0.6 is 0 Å². The highest BCUT2D eigenvalue weighted by Crippen LogP contribution is 2.29. The summed E-state index contributed by atoms with van der Waals surface area (Å²) in [4.78, 5) is 2.32. The maximum Gasteiger partial charge on any atom is 0.101 e. The van der Waals surface area contributed by atoms with Crippen LogP contribution in [0.15, 0.2) is 18.2 Å². The lowest BCUT2D eigenvalue weighted by atomic mass is 9.91. The van der Waals surface area contributed by atoms with E-state index in [0.29, 0.717) is 23.1 Å². The second-order valence-electron chi connectivity index (χ2n) is 5.24. The van der Waals surface area contributed by atoms with E-state index >= 15 is 0 Å². The van der Waals surface area contributed by atoms with Crippen LogP contribution < -0.4 is 10.6 Å². The Morgan fingerprint density at radius 1 is 1.29 bits per heavy atom. The molecule has 3 heteroatoms. The molecule has 1 fully saturated rings. The highest BCUT2D eigenvalue weighted by atomic mass is 15.1. The molecule has 1 saturated heterocycles. The first-order chi connectivity index (χ1) is 8.10. The number of piperidine rings is 1. The van der Waals surface area contributed by atoms with Gasteiger partial charge in [0.25, 0.3) is 0 Å². The third-order valence-corrected chi connectivity index (χ3v) is 3.35. The number of rotatable bonds is 1. The lowest BCUT2D eigenvalue weighted by Gasteiger charge is -2.37. The van der Waals surface area contributed by atoms with Crippen LogP contribution in [0.25, 0.3) is 0 Å². The molecule has 1 aliphatic heterocycles. The first-order valence-electron chi connectivity index (χ1n) is 6.14. The van der Waals surface area contributed by atoms with E-state index in [-0.39, 0.29) is 0 Å². The third kappa shape index (κ3) is 2.52. The zero-order chi connectivity index (χ0) is 12.4. The molecule has 2 N–H and O–H groups in total. The highest BCUT2D eigenvalue weighted by Gasteiger charge is 2.23. The summed E-state index contributed by atoms with van der Waals surface area (Å²) in [5.41, 5.74) is 8.09. The zero-order valence-corrected chi connectivity index (χ0v) is 10.5. The molecule has 0 bridgehead atoms. The fourth-order valence-electron chi connectivity index (χ4n) is 2.78. The summed E-state index contributed by atoms with van der Waals surface area (Å²) >= 11 is 0. The van der Waals surface area contributed by atoms with E-state index in [0.717, 1.165) is 18.8 Å². The van der Waals surface area contributed by atoms with Crippen molar-refractivity contribution in [3.63, 3.8) is 0 Å². The maximum atomic E-state index is 9.17. The van der Waals surface area contributed by atoms with Gasteiger partial charge in [0, 0.05) is 18.8 Å². The van der Waals surface area contributed by atoms with Gasteiger partial charge in [-0.3, -0.25) is 0 Å². The zero-order valence-electron chi connectivity index (χ0n) is 10.5. The Labute approximate surface area is 103 Å². The van der Waals surface area contributed by atoms with Crippen LogP contribution in [0.3, 0.4) is 0 Å². The Bertz CT molecular complexity index is 437. The van der Waals surface area contributed by atoms with Gasteiger partial charge >= 0.3 is 0 Å². The summed E-state index contributed by atoms with van der Waals surface area (Å²) in [6.45, 7) is 6.60. The normalized spacial score (nSPS) is 24.4. The number of anilines is 2. The molecule has 90 valence electrons. The molecule has 0 aromatic heterocycles. The predicted octanol–water partition coefficient (Wildman–Crippen LogP) is 2.62. The summed E-state index contributed by atoms with van der Waals surface area (Å²) < 4.78 is 0. The maximum absolute atomic E-state index is 9.17. The smallest absolute Gasteiger partial charge is 0.101 e. The van der Waals surface area contributed by atoms with E-state index in [1.807, 2.05) is 12.1 Å². The molecule has 2 atom stereocenters. The second kappa shape index (κ2) is 4.67. The van der Waals surface area contributed by atoms with E-state index < -0.39 is 0 Å². The van der Waals surface area contributed by atoms with Gasteiger partial charge in [-0.15, -0.1) is 0 Å². The molecular weight excluding hydrogens is 210 g/mol. The van der Waals surface area contributed by atoms with Crippen LogP contribution in [0.2, 0.25) is 0 Å². The number of hydrogen-bond acceptors (Lipinski definition) is 3. The summed E-state index contributed by atoms with van der Waals surface area (Å²) in [6, 6.07) is 7.85. The monoisotopic (exact) mass is 229 g/mol. The minimum absolute atomic E-state index is 0.656. The molecule has 1 heterocycles. The number of nitrogen functional groups attached to an aromatic ring is 1. The van der Waals surface area contributed by atoms with Crippen LogP contribution in [-0.4, -0.2) is 13.1 Å². The van der Waals surface area contributed by atoms with E-state index in [1.54, 1.807) is 6.07 Å². The van der Waals surface area contributed by atoms with Crippen LogP contribution in [0.5, 0.6) is 0 Å². The predicted molar refractivity (Wildman–Crippen MR) is 70.7 cm³/mol. The van der Waals surface area contributed by atoms with Crippen molar-refractivity contribution in [3.8, 4) is 6.07 Å². The molecule has 1 aliphatic rings. The largest absolute Gasteiger partial charge is 0.399 e. The molecule has 2 rings (SSSR count). The standard InChI is InChI=1S/C14H19N3/c1-10-5-11(2)9-17(8-10)14-4-3-13(16)6-12(14)7-15/h3-4,6,10-11H,5,8-9,16H2,1-2H3. The van der Waals surface area contributed by atoms with Crippen molar-refractivity contribution in [1.82, 2.24) is 0 Å². The number of hydrogen-bond donors (Lipinski definition) is 1. The Balaban J connectivity index is 2.30. The Morgan fingerprint density at radius 2 is 1.94 bits per heavy atom. The molecule has 17 heavy (non-hydrogen) atoms. The first kappa shape index (κ1) is 11.8. The van der Waals surface area contributed by atoms with Gasteiger partial charge in [0.1, 0.15) is 6.07 Å². The van der Waals surface area contributed by atoms with Crippen molar-refractivity contribution in [2.24, 2.45) is 11.8 Å². The summed E-state index contributed by atoms with van der Waals surface area (Å²) in [7, 11) is 0. The SMILES string of the molecule is CC1CC(C)CN(c2ccc(N)cc2C#N)C1. The van der Waals surface area contributed by atoms with Crippen LogP contribution in [0.4, 0.5) is 11.4 Å². The molecule has 0 spiro atoms. The molecule has 1 aromatic carbocycles. The molecule has 0 radical (unpaired) electrons. The van der Waals surface area contributed by atoms with Crippen molar-refractivity contribution in [3.05, 3.63) is 23.8 Å². The van der Waals surface area contributed by atoms with Crippen LogP contribution in [0.1, 0.15) is 25.8 Å². The number of nitriles is 1. The van der Waals surface area contributed by atoms with Gasteiger partial charge in [0.2, 0.25) is 0 Å². The minimum Gasteiger partial charge on any atom is -0.399 e. The molecule has 3 nitrogen and oxygen atoms in total. The fourth-order valence-corrected chi connectivity index (χ4v) is 2.78. The average Bonchev–Trinajstić information content (AvgIpc) is 2.27. The topological polar surface area (TPSA) is 53.0 Å². The van der Waals surface area contributed by atoms with Gasteiger partial charge < -0.3 is 10.6 Å². The van der Waals surface area contributed by atoms with Crippen LogP contribution in [-0.2, 0) is 0 Å². The number of nitrogens with two attached hydrogens (primary N) is 1. The lowest BCUT2D eigenvalue weighted by Crippen LogP contribution is -2.39. The molecule has 1 aromatic rings. The average molecular weight is 229 g/mol. The van der Waals surface area contributed by atoms with Gasteiger partial charge in [0.15, 0.2) is 0 Å². The molecular formula is C14H19N3. The Kier molecular flexibility index (Phi) is 3.23. The van der Waals surface area contributed by atoms with Gasteiger partial charge in [-0.05, 0) is 36.5 Å². The minimum atomic E-state index is 0.656. The summed E-state index contributed by atoms with van der Waals surface area (Å²) in [6.07, 6.45) is 1.27. The van der Waals surface area contributed by atoms with E-state index in [1.165, 1.54) is 6.42 Å². The molecule has 0 amide bonds. The van der Waals surface area contributed by atoms with Gasteiger partial charge in [0.05, 0.1) is 11.3 Å². The Hall–Kier alpha value is -1.69. The van der Waals surface area contributed by atoms with Crippen molar-refractivity contribution in [1.29, 1.82) is 5.26 Å². The summed E-state index contributed by atoms with van der Waals surface area (Å²) in [5.74, 6) is 1.37. The van der Waals surface area contributed by atoms with Crippen molar-refractivity contribution < 1.29 is 0 Å². The fraction of sp³-hybridized carbons (Fsp3) is 0.500. The van der Waals surface area contributed by atoms with Gasteiger partial charge in [-0.1, -0.05) is 13.8 Å². The first-order valence-corrected chi connectivity index (χ1v) is 6.14. The van der Waals surface area contributed by atoms with E-state index in [9.17, 15) is 5.26 Å². The van der Waals surface area contributed by atoms with Crippen molar-refractivity contribution in [2.45, 2.75) is 20.3 Å². The van der Waals surface area contributed by atoms with Gasteiger partial charge in [-0.2, -0.15) is 5.26 Å². The molecule has 2 unspecified atom stereocenters. The Morgan fingerprint density at radius 3 is 2.53 bits per heavy atom. The van der Waals surface area contributed by atoms with E-state index in [2.05, 4.69) is 24.8 Å². The number of nitrogens with zero attached hydrogens (tertiary/aromatic N) is 2. The third-order valence-electron chi connectivity index (χ3n) is 3.35. The quantitative estimate of drug-likeness (QED) is 0.753. The summed E-state index contributed by atoms with van der Waals surface area (Å²) in [5, 5.41) is 9.17. The van der Waals surface area contributed by atoms with Crippen LogP contribution in [0, 0.1) is 23.2 Å². The molecule has 0 aliphatic carbocycles. The molecule has 0 saturated carbocycles.